The van der Waals surface area contributed by atoms with Crippen molar-refractivity contribution < 1.29 is 35.9 Å². The summed E-state index contributed by atoms with van der Waals surface area (Å²) >= 11 is 1.54. The summed E-state index contributed by atoms with van der Waals surface area (Å²) in [7, 11) is 0. The Morgan fingerprint density at radius 2 is 1.67 bits per heavy atom. The van der Waals surface area contributed by atoms with Crippen molar-refractivity contribution in [3.8, 4) is 0 Å². The molecule has 11 heteroatoms. The first-order valence-corrected chi connectivity index (χ1v) is 13.4. The number of carbonyl (C=O) groups excluding carboxylic acids is 1. The van der Waals surface area contributed by atoms with Gasteiger partial charge in [0.1, 0.15) is 0 Å². The SMILES string of the molecule is O=C(NCc1cccs1)C1CC2(c3ccccc3)NC1CCC2OCc1cc(C(F)(F)F)cc(C(F)(F)F)c1. The number of piperidine rings is 1. The van der Waals surface area contributed by atoms with Gasteiger partial charge in [-0.3, -0.25) is 4.79 Å². The second-order valence-corrected chi connectivity index (χ2v) is 11.0. The molecule has 39 heavy (non-hydrogen) atoms. The summed E-state index contributed by atoms with van der Waals surface area (Å²) in [6.07, 6.45) is -8.99. The minimum Gasteiger partial charge on any atom is -0.371 e. The van der Waals surface area contributed by atoms with Crippen LogP contribution in [0.5, 0.6) is 0 Å². The molecule has 5 rings (SSSR count). The molecule has 2 aliphatic rings. The molecular formula is C28H26F6N2O2S. The molecule has 0 aliphatic carbocycles. The van der Waals surface area contributed by atoms with E-state index in [0.29, 0.717) is 37.9 Å². The van der Waals surface area contributed by atoms with Crippen LogP contribution in [-0.2, 0) is 40.6 Å². The van der Waals surface area contributed by atoms with Crippen molar-refractivity contribution in [2.24, 2.45) is 5.92 Å². The van der Waals surface area contributed by atoms with Crippen molar-refractivity contribution in [3.05, 3.63) is 93.2 Å². The monoisotopic (exact) mass is 568 g/mol. The van der Waals surface area contributed by atoms with Gasteiger partial charge in [-0.2, -0.15) is 26.3 Å². The van der Waals surface area contributed by atoms with Gasteiger partial charge in [0.25, 0.3) is 0 Å². The van der Waals surface area contributed by atoms with Crippen molar-refractivity contribution in [3.63, 3.8) is 0 Å². The lowest BCUT2D eigenvalue weighted by atomic mass is 9.80. The van der Waals surface area contributed by atoms with Gasteiger partial charge in [-0.25, -0.2) is 0 Å². The predicted molar refractivity (Wildman–Crippen MR) is 134 cm³/mol. The molecule has 2 aromatic carbocycles. The molecule has 2 N–H and O–H groups in total. The van der Waals surface area contributed by atoms with E-state index in [4.69, 9.17) is 4.74 Å². The van der Waals surface area contributed by atoms with Crippen LogP contribution in [0.2, 0.25) is 0 Å². The van der Waals surface area contributed by atoms with E-state index in [0.717, 1.165) is 10.4 Å². The number of hydrogen-bond donors (Lipinski definition) is 2. The van der Waals surface area contributed by atoms with Gasteiger partial charge >= 0.3 is 12.4 Å². The van der Waals surface area contributed by atoms with Crippen LogP contribution in [-0.4, -0.2) is 18.1 Å². The van der Waals surface area contributed by atoms with Crippen molar-refractivity contribution in [1.29, 1.82) is 0 Å². The van der Waals surface area contributed by atoms with Crippen molar-refractivity contribution >= 4 is 17.2 Å². The summed E-state index contributed by atoms with van der Waals surface area (Å²) in [6, 6.07) is 14.5. The van der Waals surface area contributed by atoms with Crippen LogP contribution in [0.1, 0.15) is 46.4 Å². The third-order valence-electron chi connectivity index (χ3n) is 7.50. The van der Waals surface area contributed by atoms with E-state index < -0.39 is 41.7 Å². The Balaban J connectivity index is 1.39. The lowest BCUT2D eigenvalue weighted by Crippen LogP contribution is -2.54. The first-order valence-electron chi connectivity index (χ1n) is 12.5. The molecule has 2 fully saturated rings. The van der Waals surface area contributed by atoms with Crippen molar-refractivity contribution in [1.82, 2.24) is 10.6 Å². The fraction of sp³-hybridized carbons (Fsp3) is 0.393. The van der Waals surface area contributed by atoms with Gasteiger partial charge in [-0.1, -0.05) is 36.4 Å². The Bertz CT molecular complexity index is 1260. The zero-order chi connectivity index (χ0) is 27.8. The molecule has 0 radical (unpaired) electrons. The molecule has 208 valence electrons. The van der Waals surface area contributed by atoms with Gasteiger partial charge in [-0.15, -0.1) is 11.3 Å². The minimum atomic E-state index is -4.93. The summed E-state index contributed by atoms with van der Waals surface area (Å²) in [5.41, 5.74) is -2.93. The van der Waals surface area contributed by atoms with E-state index in [1.54, 1.807) is 11.3 Å². The molecule has 0 spiro atoms. The molecule has 2 aliphatic heterocycles. The third kappa shape index (κ3) is 5.85. The largest absolute Gasteiger partial charge is 0.416 e. The van der Waals surface area contributed by atoms with Crippen LogP contribution in [0.3, 0.4) is 0 Å². The number of rotatable bonds is 7. The van der Waals surface area contributed by atoms with Gasteiger partial charge < -0.3 is 15.4 Å². The number of thiophene rings is 1. The minimum absolute atomic E-state index is 0.105. The van der Waals surface area contributed by atoms with Gasteiger partial charge in [0.05, 0.1) is 41.8 Å². The molecule has 0 saturated carbocycles. The summed E-state index contributed by atoms with van der Waals surface area (Å²) in [4.78, 5) is 14.2. The smallest absolute Gasteiger partial charge is 0.371 e. The average Bonchev–Trinajstić information content (AvgIpc) is 3.53. The summed E-state index contributed by atoms with van der Waals surface area (Å²) in [6.45, 7) is -0.0249. The first kappa shape index (κ1) is 27.7. The predicted octanol–water partition coefficient (Wildman–Crippen LogP) is 6.65. The van der Waals surface area contributed by atoms with Crippen molar-refractivity contribution in [2.75, 3.05) is 0 Å². The Morgan fingerprint density at radius 3 is 2.28 bits per heavy atom. The fourth-order valence-corrected chi connectivity index (χ4v) is 6.34. The molecule has 3 heterocycles. The van der Waals surface area contributed by atoms with E-state index in [-0.39, 0.29) is 29.5 Å². The lowest BCUT2D eigenvalue weighted by Gasteiger charge is -2.42. The highest BCUT2D eigenvalue weighted by molar-refractivity contribution is 7.09. The summed E-state index contributed by atoms with van der Waals surface area (Å²) in [5.74, 6) is -0.476. The van der Waals surface area contributed by atoms with Crippen LogP contribution in [0.15, 0.2) is 66.0 Å². The quantitative estimate of drug-likeness (QED) is 0.314. The van der Waals surface area contributed by atoms with E-state index in [1.165, 1.54) is 0 Å². The molecule has 3 aromatic rings. The molecule has 1 aromatic heterocycles. The maximum atomic E-state index is 13.4. The number of carbonyl (C=O) groups is 1. The summed E-state index contributed by atoms with van der Waals surface area (Å²) in [5, 5.41) is 8.49. The number of hydrogen-bond acceptors (Lipinski definition) is 4. The molecule has 4 nitrogen and oxygen atoms in total. The number of alkyl halides is 6. The van der Waals surface area contributed by atoms with Gasteiger partial charge in [0, 0.05) is 10.9 Å². The second-order valence-electron chi connectivity index (χ2n) is 9.99. The Kier molecular flexibility index (Phi) is 7.51. The normalized spacial score (nSPS) is 25.0. The Labute approximate surface area is 225 Å². The second kappa shape index (κ2) is 10.6. The fourth-order valence-electron chi connectivity index (χ4n) is 5.70. The van der Waals surface area contributed by atoms with Crippen LogP contribution >= 0.6 is 11.3 Å². The maximum Gasteiger partial charge on any atom is 0.416 e. The van der Waals surface area contributed by atoms with Gasteiger partial charge in [0.2, 0.25) is 5.91 Å². The number of benzene rings is 2. The van der Waals surface area contributed by atoms with Gasteiger partial charge in [0.15, 0.2) is 0 Å². The highest BCUT2D eigenvalue weighted by atomic mass is 32.1. The molecule has 4 unspecified atom stereocenters. The topological polar surface area (TPSA) is 50.4 Å². The van der Waals surface area contributed by atoms with E-state index in [9.17, 15) is 31.1 Å². The number of fused-ring (bicyclic) bond motifs is 2. The standard InChI is InChI=1S/C28H26F6N2O2S/c29-27(30,31)19-11-17(12-20(13-19)28(32,33)34)16-38-24-9-8-23-22(25(37)35-15-21-7-4-10-39-21)14-26(24,36-23)18-5-2-1-3-6-18/h1-7,10-13,22-24,36H,8-9,14-16H2,(H,35,37). The molecule has 1 amide bonds. The summed E-state index contributed by atoms with van der Waals surface area (Å²) < 4.78 is 86.2. The molecule has 4 atom stereocenters. The van der Waals surface area contributed by atoms with E-state index in [1.807, 2.05) is 47.8 Å². The maximum absolute atomic E-state index is 13.4. The highest BCUT2D eigenvalue weighted by Crippen LogP contribution is 2.48. The highest BCUT2D eigenvalue weighted by Gasteiger charge is 2.56. The first-order chi connectivity index (χ1) is 18.5. The lowest BCUT2D eigenvalue weighted by molar-refractivity contribution is -0.143. The van der Waals surface area contributed by atoms with Crippen LogP contribution in [0.25, 0.3) is 0 Å². The van der Waals surface area contributed by atoms with E-state index in [2.05, 4.69) is 10.6 Å². The molecular weight excluding hydrogens is 542 g/mol. The van der Waals surface area contributed by atoms with E-state index >= 15 is 0 Å². The zero-order valence-corrected chi connectivity index (χ0v) is 21.4. The third-order valence-corrected chi connectivity index (χ3v) is 8.38. The number of halogens is 6. The number of ether oxygens (including phenoxy) is 1. The Morgan fingerprint density at radius 1 is 0.974 bits per heavy atom. The molecule has 2 bridgehead atoms. The van der Waals surface area contributed by atoms with Crippen LogP contribution in [0, 0.1) is 5.92 Å². The van der Waals surface area contributed by atoms with Crippen LogP contribution < -0.4 is 10.6 Å². The number of nitrogens with one attached hydrogen (secondary N) is 2. The zero-order valence-electron chi connectivity index (χ0n) is 20.6. The van der Waals surface area contributed by atoms with Crippen molar-refractivity contribution in [2.45, 2.75) is 62.5 Å². The van der Waals surface area contributed by atoms with Gasteiger partial charge in [-0.05, 0) is 60.0 Å². The molecule has 2 saturated heterocycles. The average molecular weight is 569 g/mol. The van der Waals surface area contributed by atoms with Crippen LogP contribution in [0.4, 0.5) is 26.3 Å². The number of amides is 1. The Hall–Kier alpha value is -2.89.